The Morgan fingerprint density at radius 2 is 1.91 bits per heavy atom. The minimum Gasteiger partial charge on any atom is -0.478 e. The van der Waals surface area contributed by atoms with Gasteiger partial charge in [-0.05, 0) is 43.0 Å². The van der Waals surface area contributed by atoms with Gasteiger partial charge in [-0.3, -0.25) is 9.59 Å². The maximum Gasteiger partial charge on any atom is 0.335 e. The van der Waals surface area contributed by atoms with E-state index in [2.05, 4.69) is 5.32 Å². The first-order valence-corrected chi connectivity index (χ1v) is 7.39. The highest BCUT2D eigenvalue weighted by Gasteiger charge is 2.63. The van der Waals surface area contributed by atoms with Crippen molar-refractivity contribution in [1.29, 1.82) is 0 Å². The lowest BCUT2D eigenvalue weighted by molar-refractivity contribution is -0.145. The lowest BCUT2D eigenvalue weighted by atomic mass is 9.79. The molecule has 1 heterocycles. The molecule has 0 radical (unpaired) electrons. The van der Waals surface area contributed by atoms with Gasteiger partial charge in [0, 0.05) is 11.6 Å². The quantitative estimate of drug-likeness (QED) is 0.826. The van der Waals surface area contributed by atoms with Crippen LogP contribution in [0.15, 0.2) is 24.3 Å². The maximum absolute atomic E-state index is 12.5. The molecule has 1 aromatic rings. The molecule has 114 valence electrons. The predicted molar refractivity (Wildman–Crippen MR) is 75.1 cm³/mol. The minimum absolute atomic E-state index is 0.0152. The Morgan fingerprint density at radius 3 is 2.59 bits per heavy atom. The van der Waals surface area contributed by atoms with Gasteiger partial charge in [-0.1, -0.05) is 0 Å². The molecule has 1 aromatic carbocycles. The van der Waals surface area contributed by atoms with Crippen LogP contribution >= 0.6 is 0 Å². The summed E-state index contributed by atoms with van der Waals surface area (Å²) < 4.78 is 5.33. The number of amides is 1. The summed E-state index contributed by atoms with van der Waals surface area (Å²) in [5.41, 5.74) is 0.709. The molecule has 2 aliphatic carbocycles. The van der Waals surface area contributed by atoms with Crippen LogP contribution in [-0.2, 0) is 14.3 Å². The van der Waals surface area contributed by atoms with Crippen molar-refractivity contribution in [3.05, 3.63) is 29.8 Å². The van der Waals surface area contributed by atoms with Crippen molar-refractivity contribution in [3.63, 3.8) is 0 Å². The van der Waals surface area contributed by atoms with Gasteiger partial charge in [-0.2, -0.15) is 0 Å². The Balaban J connectivity index is 1.51. The fourth-order valence-electron chi connectivity index (χ4n) is 4.28. The van der Waals surface area contributed by atoms with Crippen LogP contribution < -0.4 is 5.32 Å². The van der Waals surface area contributed by atoms with Crippen molar-refractivity contribution in [2.45, 2.75) is 18.9 Å². The number of ether oxygens (including phenoxy) is 1. The summed E-state index contributed by atoms with van der Waals surface area (Å²) in [5, 5.41) is 11.7. The summed E-state index contributed by atoms with van der Waals surface area (Å²) in [6.45, 7) is 0. The average Bonchev–Trinajstić information content (AvgIpc) is 3.09. The Morgan fingerprint density at radius 1 is 1.18 bits per heavy atom. The van der Waals surface area contributed by atoms with E-state index in [1.165, 1.54) is 12.1 Å². The van der Waals surface area contributed by atoms with Gasteiger partial charge in [0.15, 0.2) is 0 Å². The van der Waals surface area contributed by atoms with E-state index < -0.39 is 5.97 Å². The third kappa shape index (κ3) is 1.83. The average molecular weight is 301 g/mol. The SMILES string of the molecule is O=C(O)c1ccc(NC(=O)[C@H]2[C@@H]3C[C@H]4[C@@H]2C(=O)O[C@@H]4C3)cc1. The zero-order valence-electron chi connectivity index (χ0n) is 11.7. The van der Waals surface area contributed by atoms with Crippen molar-refractivity contribution in [1.82, 2.24) is 0 Å². The van der Waals surface area contributed by atoms with E-state index in [1.807, 2.05) is 0 Å². The Bertz CT molecular complexity index is 666. The highest BCUT2D eigenvalue weighted by molar-refractivity contribution is 5.97. The number of hydrogen-bond donors (Lipinski definition) is 2. The van der Waals surface area contributed by atoms with Gasteiger partial charge in [-0.15, -0.1) is 0 Å². The number of hydrogen-bond acceptors (Lipinski definition) is 4. The van der Waals surface area contributed by atoms with Crippen LogP contribution in [0.3, 0.4) is 0 Å². The molecule has 5 atom stereocenters. The van der Waals surface area contributed by atoms with E-state index >= 15 is 0 Å². The molecular weight excluding hydrogens is 286 g/mol. The topological polar surface area (TPSA) is 92.7 Å². The van der Waals surface area contributed by atoms with Crippen molar-refractivity contribution >= 4 is 23.5 Å². The van der Waals surface area contributed by atoms with Crippen molar-refractivity contribution in [2.75, 3.05) is 5.32 Å². The van der Waals surface area contributed by atoms with E-state index in [1.54, 1.807) is 12.1 Å². The Labute approximate surface area is 126 Å². The first kappa shape index (κ1) is 13.3. The number of carboxylic acid groups (broad SMARTS) is 1. The third-order valence-electron chi connectivity index (χ3n) is 5.19. The monoisotopic (exact) mass is 301 g/mol. The lowest BCUT2D eigenvalue weighted by Crippen LogP contribution is -2.35. The van der Waals surface area contributed by atoms with Crippen molar-refractivity contribution < 1.29 is 24.2 Å². The van der Waals surface area contributed by atoms with Gasteiger partial charge in [0.1, 0.15) is 6.10 Å². The molecular formula is C16H15NO5. The summed E-state index contributed by atoms with van der Waals surface area (Å²) in [5.74, 6) is -1.63. The number of rotatable bonds is 3. The molecule has 1 saturated heterocycles. The molecule has 3 aliphatic rings. The molecule has 3 fully saturated rings. The number of anilines is 1. The molecule has 0 unspecified atom stereocenters. The first-order chi connectivity index (χ1) is 10.5. The first-order valence-electron chi connectivity index (χ1n) is 7.39. The number of carbonyl (C=O) groups excluding carboxylic acids is 2. The van der Waals surface area contributed by atoms with E-state index in [9.17, 15) is 14.4 Å². The molecule has 2 saturated carbocycles. The van der Waals surface area contributed by atoms with Gasteiger partial charge >= 0.3 is 11.9 Å². The third-order valence-corrected chi connectivity index (χ3v) is 5.19. The van der Waals surface area contributed by atoms with Crippen LogP contribution in [0, 0.1) is 23.7 Å². The summed E-state index contributed by atoms with van der Waals surface area (Å²) in [4.78, 5) is 35.2. The van der Waals surface area contributed by atoms with Crippen molar-refractivity contribution in [3.8, 4) is 0 Å². The number of benzene rings is 1. The van der Waals surface area contributed by atoms with Gasteiger partial charge in [0.25, 0.3) is 0 Å². The van der Waals surface area contributed by atoms with Crippen LogP contribution in [0.25, 0.3) is 0 Å². The fraction of sp³-hybridized carbons (Fsp3) is 0.438. The van der Waals surface area contributed by atoms with Crippen molar-refractivity contribution in [2.24, 2.45) is 23.7 Å². The van der Waals surface area contributed by atoms with E-state index in [0.717, 1.165) is 12.8 Å². The summed E-state index contributed by atoms with van der Waals surface area (Å²) in [6, 6.07) is 6.01. The smallest absolute Gasteiger partial charge is 0.335 e. The molecule has 1 aliphatic heterocycles. The molecule has 2 N–H and O–H groups in total. The second-order valence-electron chi connectivity index (χ2n) is 6.29. The highest BCUT2D eigenvalue weighted by Crippen LogP contribution is 2.57. The van der Waals surface area contributed by atoms with Gasteiger partial charge in [0.2, 0.25) is 5.91 Å². The largest absolute Gasteiger partial charge is 0.478 e. The highest BCUT2D eigenvalue weighted by atomic mass is 16.6. The molecule has 6 heteroatoms. The van der Waals surface area contributed by atoms with E-state index in [0.29, 0.717) is 5.69 Å². The number of esters is 1. The van der Waals surface area contributed by atoms with Gasteiger partial charge < -0.3 is 15.2 Å². The zero-order valence-corrected chi connectivity index (χ0v) is 11.7. The van der Waals surface area contributed by atoms with E-state index in [-0.39, 0.29) is 47.2 Å². The second kappa shape index (κ2) is 4.56. The number of carboxylic acids is 1. The number of aromatic carboxylic acids is 1. The molecule has 2 bridgehead atoms. The van der Waals surface area contributed by atoms with Crippen LogP contribution in [0.5, 0.6) is 0 Å². The van der Waals surface area contributed by atoms with Crippen LogP contribution in [0.1, 0.15) is 23.2 Å². The van der Waals surface area contributed by atoms with Crippen LogP contribution in [0.2, 0.25) is 0 Å². The van der Waals surface area contributed by atoms with E-state index in [4.69, 9.17) is 9.84 Å². The molecule has 6 nitrogen and oxygen atoms in total. The Hall–Kier alpha value is -2.37. The molecule has 4 rings (SSSR count). The summed E-state index contributed by atoms with van der Waals surface area (Å²) in [6.07, 6.45) is 1.68. The molecule has 1 amide bonds. The molecule has 0 aromatic heterocycles. The summed E-state index contributed by atoms with van der Waals surface area (Å²) in [7, 11) is 0. The van der Waals surface area contributed by atoms with Gasteiger partial charge in [0.05, 0.1) is 17.4 Å². The van der Waals surface area contributed by atoms with Gasteiger partial charge in [-0.25, -0.2) is 4.79 Å². The molecule has 22 heavy (non-hydrogen) atoms. The molecule has 0 spiro atoms. The normalized spacial score (nSPS) is 34.5. The maximum atomic E-state index is 12.5. The number of nitrogens with one attached hydrogen (secondary N) is 1. The summed E-state index contributed by atoms with van der Waals surface area (Å²) >= 11 is 0. The number of fused-ring (bicyclic) bond motifs is 1. The lowest BCUT2D eigenvalue weighted by Gasteiger charge is -2.23. The fourth-order valence-corrected chi connectivity index (χ4v) is 4.28. The predicted octanol–water partition coefficient (Wildman–Crippen LogP) is 1.52. The van der Waals surface area contributed by atoms with Crippen LogP contribution in [-0.4, -0.2) is 29.1 Å². The van der Waals surface area contributed by atoms with Crippen LogP contribution in [0.4, 0.5) is 5.69 Å². The number of carbonyl (C=O) groups is 3. The standard InChI is InChI=1S/C16H15NO5/c18-14(17-9-3-1-7(2-4-9)15(19)20)12-8-5-10-11(6-8)22-16(21)13(10)12/h1-4,8,10-13H,5-6H2,(H,17,18)(H,19,20)/t8-,10-,11-,12+,13+/m1/s1. The zero-order chi connectivity index (χ0) is 15.4. The minimum atomic E-state index is -1.01. The second-order valence-corrected chi connectivity index (χ2v) is 6.29. The Kier molecular flexibility index (Phi) is 2.76.